The molecule has 2 aromatic rings. The maximum absolute atomic E-state index is 12.6. The van der Waals surface area contributed by atoms with E-state index in [1.807, 2.05) is 38.1 Å². The number of amides is 1. The number of hydrogen-bond donors (Lipinski definition) is 1. The first-order valence-electron chi connectivity index (χ1n) is 7.89. The highest BCUT2D eigenvalue weighted by Gasteiger charge is 2.19. The number of benzene rings is 2. The number of aliphatic hydroxyl groups is 1. The second kappa shape index (κ2) is 8.22. The van der Waals surface area contributed by atoms with Gasteiger partial charge in [-0.1, -0.05) is 29.8 Å². The van der Waals surface area contributed by atoms with E-state index in [1.165, 1.54) is 0 Å². The summed E-state index contributed by atoms with van der Waals surface area (Å²) in [4.78, 5) is 14.9. The van der Waals surface area contributed by atoms with Crippen molar-refractivity contribution in [1.29, 1.82) is 0 Å². The summed E-state index contributed by atoms with van der Waals surface area (Å²) in [7, 11) is -1.06. The van der Waals surface area contributed by atoms with Crippen LogP contribution in [0.5, 0.6) is 0 Å². The van der Waals surface area contributed by atoms with Crippen molar-refractivity contribution < 1.29 is 14.1 Å². The van der Waals surface area contributed by atoms with Gasteiger partial charge in [-0.25, -0.2) is 0 Å². The van der Waals surface area contributed by atoms with Crippen molar-refractivity contribution in [3.63, 3.8) is 0 Å². The monoisotopic (exact) mass is 345 g/mol. The van der Waals surface area contributed by atoms with Gasteiger partial charge in [-0.3, -0.25) is 9.00 Å². The van der Waals surface area contributed by atoms with E-state index in [9.17, 15) is 14.1 Å². The molecule has 0 bridgehead atoms. The molecule has 2 unspecified atom stereocenters. The fourth-order valence-corrected chi connectivity index (χ4v) is 2.95. The molecular formula is C19H23NO3S. The first-order valence-corrected chi connectivity index (χ1v) is 9.45. The molecule has 1 N–H and O–H groups in total. The zero-order valence-electron chi connectivity index (χ0n) is 14.2. The van der Waals surface area contributed by atoms with Crippen molar-refractivity contribution in [3.8, 4) is 0 Å². The average Bonchev–Trinajstić information content (AvgIpc) is 2.59. The Morgan fingerprint density at radius 3 is 2.21 bits per heavy atom. The maximum Gasteiger partial charge on any atom is 0.253 e. The first kappa shape index (κ1) is 18.4. The summed E-state index contributed by atoms with van der Waals surface area (Å²) in [5.41, 5.74) is 2.45. The van der Waals surface area contributed by atoms with Crippen molar-refractivity contribution >= 4 is 16.7 Å². The van der Waals surface area contributed by atoms with Gasteiger partial charge in [0.25, 0.3) is 5.91 Å². The molecule has 0 aliphatic rings. The largest absolute Gasteiger partial charge is 0.387 e. The molecule has 0 aromatic heterocycles. The minimum absolute atomic E-state index is 0.142. The summed E-state index contributed by atoms with van der Waals surface area (Å²) in [6.45, 7) is 4.61. The number of hydrogen-bond acceptors (Lipinski definition) is 3. The third-order valence-corrected chi connectivity index (χ3v) is 4.89. The van der Waals surface area contributed by atoms with Crippen molar-refractivity contribution in [1.82, 2.24) is 4.90 Å². The van der Waals surface area contributed by atoms with Gasteiger partial charge in [0.15, 0.2) is 0 Å². The van der Waals surface area contributed by atoms with Gasteiger partial charge in [0.05, 0.1) is 12.6 Å². The van der Waals surface area contributed by atoms with E-state index in [1.54, 1.807) is 35.4 Å². The molecule has 24 heavy (non-hydrogen) atoms. The Bertz CT molecular complexity index is 710. The predicted molar refractivity (Wildman–Crippen MR) is 96.5 cm³/mol. The average molecular weight is 345 g/mol. The van der Waals surface area contributed by atoms with E-state index in [2.05, 4.69) is 0 Å². The Labute approximate surface area is 145 Å². The summed E-state index contributed by atoms with van der Waals surface area (Å²) in [6.07, 6.45) is 0.879. The molecule has 0 saturated carbocycles. The molecule has 0 aliphatic heterocycles. The molecule has 0 saturated heterocycles. The van der Waals surface area contributed by atoms with E-state index in [-0.39, 0.29) is 12.5 Å². The van der Waals surface area contributed by atoms with Crippen molar-refractivity contribution in [3.05, 3.63) is 65.2 Å². The molecule has 0 fully saturated rings. The molecule has 128 valence electrons. The second-order valence-electron chi connectivity index (χ2n) is 5.75. The number of aliphatic hydroxyl groups excluding tert-OH is 1. The molecule has 0 heterocycles. The van der Waals surface area contributed by atoms with Crippen LogP contribution in [0.25, 0.3) is 0 Å². The number of carbonyl (C=O) groups is 1. The number of likely N-dealkylation sites (N-methyl/N-ethyl adjacent to an activating group) is 1. The SMILES string of the molecule is CCN(CC(O)c1ccc(C)cc1)C(=O)c1ccc(S(C)=O)cc1. The topological polar surface area (TPSA) is 57.6 Å². The van der Waals surface area contributed by atoms with Crippen LogP contribution in [-0.4, -0.2) is 39.5 Å². The zero-order valence-corrected chi connectivity index (χ0v) is 15.0. The van der Waals surface area contributed by atoms with E-state index >= 15 is 0 Å². The number of rotatable bonds is 6. The van der Waals surface area contributed by atoms with Gasteiger partial charge in [0.2, 0.25) is 0 Å². The van der Waals surface area contributed by atoms with E-state index in [4.69, 9.17) is 0 Å². The summed E-state index contributed by atoms with van der Waals surface area (Å²) < 4.78 is 11.4. The zero-order chi connectivity index (χ0) is 17.7. The lowest BCUT2D eigenvalue weighted by Crippen LogP contribution is -2.34. The van der Waals surface area contributed by atoms with Crippen molar-refractivity contribution in [2.24, 2.45) is 0 Å². The molecule has 1 amide bonds. The van der Waals surface area contributed by atoms with Crippen LogP contribution in [-0.2, 0) is 10.8 Å². The van der Waals surface area contributed by atoms with Crippen molar-refractivity contribution in [2.75, 3.05) is 19.3 Å². The lowest BCUT2D eigenvalue weighted by Gasteiger charge is -2.24. The standard InChI is InChI=1S/C19H23NO3S/c1-4-20(13-18(21)15-7-5-14(2)6-8-15)19(22)16-9-11-17(12-10-16)24(3)23/h5-12,18,21H,4,13H2,1-3H3. The van der Waals surface area contributed by atoms with Crippen LogP contribution in [0, 0.1) is 6.92 Å². The van der Waals surface area contributed by atoms with Crippen LogP contribution < -0.4 is 0 Å². The van der Waals surface area contributed by atoms with Crippen molar-refractivity contribution in [2.45, 2.75) is 24.8 Å². The molecule has 5 heteroatoms. The summed E-state index contributed by atoms with van der Waals surface area (Å²) in [6, 6.07) is 14.4. The first-order chi connectivity index (χ1) is 11.4. The Morgan fingerprint density at radius 2 is 1.71 bits per heavy atom. The third kappa shape index (κ3) is 4.52. The van der Waals surface area contributed by atoms with Crippen LogP contribution in [0.15, 0.2) is 53.4 Å². The van der Waals surface area contributed by atoms with Gasteiger partial charge in [-0.15, -0.1) is 0 Å². The van der Waals surface area contributed by atoms with Gasteiger partial charge in [0, 0.05) is 34.1 Å². The maximum atomic E-state index is 12.6. The van der Waals surface area contributed by atoms with Crippen LogP contribution in [0.2, 0.25) is 0 Å². The lowest BCUT2D eigenvalue weighted by molar-refractivity contribution is 0.0635. The smallest absolute Gasteiger partial charge is 0.253 e. The fourth-order valence-electron chi connectivity index (χ4n) is 2.43. The molecule has 2 aromatic carbocycles. The number of nitrogens with zero attached hydrogens (tertiary/aromatic N) is 1. The Kier molecular flexibility index (Phi) is 6.29. The van der Waals surface area contributed by atoms with Gasteiger partial charge in [-0.2, -0.15) is 0 Å². The predicted octanol–water partition coefficient (Wildman–Crippen LogP) is 2.93. The minimum atomic E-state index is -1.06. The highest BCUT2D eigenvalue weighted by Crippen LogP contribution is 2.17. The Morgan fingerprint density at radius 1 is 1.12 bits per heavy atom. The van der Waals surface area contributed by atoms with E-state index < -0.39 is 16.9 Å². The Hall–Kier alpha value is -1.98. The molecule has 4 nitrogen and oxygen atoms in total. The normalized spacial score (nSPS) is 13.3. The van der Waals surface area contributed by atoms with Crippen LogP contribution in [0.3, 0.4) is 0 Å². The molecule has 0 spiro atoms. The Balaban J connectivity index is 2.10. The van der Waals surface area contributed by atoms with Crippen LogP contribution in [0.4, 0.5) is 0 Å². The van der Waals surface area contributed by atoms with Gasteiger partial charge < -0.3 is 10.0 Å². The highest BCUT2D eigenvalue weighted by atomic mass is 32.2. The minimum Gasteiger partial charge on any atom is -0.387 e. The lowest BCUT2D eigenvalue weighted by atomic mass is 10.1. The van der Waals surface area contributed by atoms with E-state index in [0.717, 1.165) is 11.1 Å². The highest BCUT2D eigenvalue weighted by molar-refractivity contribution is 7.84. The summed E-state index contributed by atoms with van der Waals surface area (Å²) >= 11 is 0. The fraction of sp³-hybridized carbons (Fsp3) is 0.316. The van der Waals surface area contributed by atoms with Gasteiger partial charge in [-0.05, 0) is 43.7 Å². The molecule has 2 rings (SSSR count). The molecule has 0 radical (unpaired) electrons. The van der Waals surface area contributed by atoms with Gasteiger partial charge in [0.1, 0.15) is 0 Å². The van der Waals surface area contributed by atoms with Crippen LogP contribution in [0.1, 0.15) is 34.5 Å². The quantitative estimate of drug-likeness (QED) is 0.876. The second-order valence-corrected chi connectivity index (χ2v) is 7.13. The molecule has 2 atom stereocenters. The van der Waals surface area contributed by atoms with E-state index in [0.29, 0.717) is 17.0 Å². The summed E-state index contributed by atoms with van der Waals surface area (Å²) in [5, 5.41) is 10.4. The molecular weight excluding hydrogens is 322 g/mol. The number of aryl methyl sites for hydroxylation is 1. The van der Waals surface area contributed by atoms with Crippen LogP contribution >= 0.6 is 0 Å². The molecule has 0 aliphatic carbocycles. The third-order valence-electron chi connectivity index (χ3n) is 3.96. The number of carbonyl (C=O) groups excluding carboxylic acids is 1. The summed E-state index contributed by atoms with van der Waals surface area (Å²) in [5.74, 6) is -0.142. The van der Waals surface area contributed by atoms with Gasteiger partial charge >= 0.3 is 0 Å².